The van der Waals surface area contributed by atoms with Crippen LogP contribution < -0.4 is 10.6 Å². The predicted molar refractivity (Wildman–Crippen MR) is 75.1 cm³/mol. The average molecular weight is 290 g/mol. The molecule has 1 aromatic carbocycles. The van der Waals surface area contributed by atoms with E-state index in [2.05, 4.69) is 10.5 Å². The molecule has 0 bridgehead atoms. The Bertz CT molecular complexity index is 549. The Morgan fingerprint density at radius 3 is 2.25 bits per heavy atom. The third-order valence-electron chi connectivity index (χ3n) is 2.53. The quantitative estimate of drug-likeness (QED) is 0.467. The fourth-order valence-electron chi connectivity index (χ4n) is 1.58. The second kappa shape index (κ2) is 7.38. The van der Waals surface area contributed by atoms with E-state index in [1.54, 1.807) is 30.3 Å². The lowest BCUT2D eigenvalue weighted by Crippen LogP contribution is -2.54. The number of hydrogen-bond acceptors (Lipinski definition) is 7. The van der Waals surface area contributed by atoms with Crippen LogP contribution in [0.5, 0.6) is 0 Å². The summed E-state index contributed by atoms with van der Waals surface area (Å²) >= 11 is 0. The molecule has 0 saturated carbocycles. The molecule has 0 aliphatic rings. The summed E-state index contributed by atoms with van der Waals surface area (Å²) in [5.74, 6) is 0. The molecule has 0 heterocycles. The van der Waals surface area contributed by atoms with Crippen molar-refractivity contribution in [3.05, 3.63) is 24.3 Å². The molecule has 0 fully saturated rings. The molecule has 0 spiro atoms. The first kappa shape index (κ1) is 15.8. The van der Waals surface area contributed by atoms with Crippen LogP contribution in [0.2, 0.25) is 0 Å². The summed E-state index contributed by atoms with van der Waals surface area (Å²) in [4.78, 5) is 0. The Balaban J connectivity index is 3.06. The molecule has 1 rings (SSSR count). The van der Waals surface area contributed by atoms with Crippen LogP contribution in [0.1, 0.15) is 0 Å². The number of hydrazone groups is 1. The SMILES string of the molecule is CO[Si](OC)(OC)c1cccc(NN=C(C#N)C#N)c1. The second-order valence-electron chi connectivity index (χ2n) is 3.55. The summed E-state index contributed by atoms with van der Waals surface area (Å²) in [6.45, 7) is 0. The van der Waals surface area contributed by atoms with Gasteiger partial charge >= 0.3 is 8.80 Å². The summed E-state index contributed by atoms with van der Waals surface area (Å²) < 4.78 is 16.1. The number of nitrogens with one attached hydrogen (secondary N) is 1. The van der Waals surface area contributed by atoms with Crippen molar-refractivity contribution in [1.29, 1.82) is 10.5 Å². The third-order valence-corrected chi connectivity index (χ3v) is 5.16. The molecule has 1 aromatic rings. The Labute approximate surface area is 118 Å². The molecule has 0 aliphatic carbocycles. The maximum atomic E-state index is 8.61. The second-order valence-corrected chi connectivity index (χ2v) is 6.46. The van der Waals surface area contributed by atoms with Crippen LogP contribution in [0.4, 0.5) is 5.69 Å². The van der Waals surface area contributed by atoms with Crippen molar-refractivity contribution in [2.24, 2.45) is 5.10 Å². The number of anilines is 1. The molecule has 0 atom stereocenters. The minimum absolute atomic E-state index is 0.260. The standard InChI is InChI=1S/C12H14N4O3Si/c1-17-20(18-2,19-3)12-6-4-5-10(7-12)15-16-11(8-13)9-14/h4-7,15H,1-3H3. The van der Waals surface area contributed by atoms with Crippen molar-refractivity contribution < 1.29 is 13.3 Å². The predicted octanol–water partition coefficient (Wildman–Crippen LogP) is 0.587. The Morgan fingerprint density at radius 1 is 1.15 bits per heavy atom. The fraction of sp³-hybridized carbons (Fsp3) is 0.250. The molecule has 0 aromatic heterocycles. The van der Waals surface area contributed by atoms with Crippen LogP contribution >= 0.6 is 0 Å². The van der Waals surface area contributed by atoms with E-state index in [0.29, 0.717) is 5.69 Å². The molecule has 20 heavy (non-hydrogen) atoms. The van der Waals surface area contributed by atoms with Gasteiger partial charge in [0.05, 0.1) is 5.69 Å². The Kier molecular flexibility index (Phi) is 5.84. The van der Waals surface area contributed by atoms with Crippen LogP contribution in [0.3, 0.4) is 0 Å². The number of nitriles is 2. The Morgan fingerprint density at radius 2 is 1.75 bits per heavy atom. The lowest BCUT2D eigenvalue weighted by molar-refractivity contribution is 0.140. The van der Waals surface area contributed by atoms with Gasteiger partial charge in [0, 0.05) is 26.5 Å². The largest absolute Gasteiger partial charge is 0.536 e. The lowest BCUT2D eigenvalue weighted by atomic mass is 10.3. The highest BCUT2D eigenvalue weighted by molar-refractivity contribution is 6.75. The van der Waals surface area contributed by atoms with Crippen LogP contribution in [0.15, 0.2) is 29.4 Å². The zero-order chi connectivity index (χ0) is 15.0. The summed E-state index contributed by atoms with van der Waals surface area (Å²) in [5, 5.41) is 21.6. The van der Waals surface area contributed by atoms with Crippen molar-refractivity contribution in [2.45, 2.75) is 0 Å². The topological polar surface area (TPSA) is 99.7 Å². The van der Waals surface area contributed by atoms with E-state index in [0.717, 1.165) is 5.19 Å². The van der Waals surface area contributed by atoms with E-state index >= 15 is 0 Å². The van der Waals surface area contributed by atoms with Crippen molar-refractivity contribution >= 4 is 25.4 Å². The van der Waals surface area contributed by atoms with Crippen LogP contribution in [-0.2, 0) is 13.3 Å². The van der Waals surface area contributed by atoms with Crippen LogP contribution in [0.25, 0.3) is 0 Å². The minimum atomic E-state index is -2.92. The van der Waals surface area contributed by atoms with Gasteiger partial charge in [-0.25, -0.2) is 0 Å². The van der Waals surface area contributed by atoms with Gasteiger partial charge in [-0.15, -0.1) is 0 Å². The highest BCUT2D eigenvalue weighted by atomic mass is 28.4. The maximum Gasteiger partial charge on any atom is 0.536 e. The van der Waals surface area contributed by atoms with Crippen molar-refractivity contribution in [3.8, 4) is 12.1 Å². The molecule has 0 saturated heterocycles. The van der Waals surface area contributed by atoms with Gasteiger partial charge < -0.3 is 13.3 Å². The van der Waals surface area contributed by atoms with Gasteiger partial charge in [0.1, 0.15) is 12.1 Å². The number of hydrogen-bond donors (Lipinski definition) is 1. The van der Waals surface area contributed by atoms with Crippen LogP contribution in [-0.4, -0.2) is 35.8 Å². The van der Waals surface area contributed by atoms with E-state index in [1.165, 1.54) is 21.3 Å². The summed E-state index contributed by atoms with van der Waals surface area (Å²) in [6.07, 6.45) is 0. The zero-order valence-corrected chi connectivity index (χ0v) is 12.4. The molecule has 0 amide bonds. The number of nitrogens with zero attached hydrogens (tertiary/aromatic N) is 3. The van der Waals surface area contributed by atoms with Gasteiger partial charge in [-0.05, 0) is 12.1 Å². The lowest BCUT2D eigenvalue weighted by Gasteiger charge is -2.24. The zero-order valence-electron chi connectivity index (χ0n) is 11.4. The van der Waals surface area contributed by atoms with Gasteiger partial charge in [0.25, 0.3) is 0 Å². The van der Waals surface area contributed by atoms with Gasteiger partial charge in [-0.1, -0.05) is 12.1 Å². The molecule has 7 nitrogen and oxygen atoms in total. The average Bonchev–Trinajstić information content (AvgIpc) is 2.51. The first-order valence-corrected chi connectivity index (χ1v) is 7.28. The van der Waals surface area contributed by atoms with Crippen LogP contribution in [0, 0.1) is 22.7 Å². The van der Waals surface area contributed by atoms with E-state index in [-0.39, 0.29) is 5.71 Å². The summed E-state index contributed by atoms with van der Waals surface area (Å²) in [6, 6.07) is 10.4. The molecule has 8 heteroatoms. The summed E-state index contributed by atoms with van der Waals surface area (Å²) in [7, 11) is 1.63. The number of benzene rings is 1. The monoisotopic (exact) mass is 290 g/mol. The highest BCUT2D eigenvalue weighted by Crippen LogP contribution is 2.11. The molecule has 0 radical (unpaired) electrons. The van der Waals surface area contributed by atoms with Gasteiger partial charge in [-0.3, -0.25) is 5.43 Å². The molecule has 104 valence electrons. The van der Waals surface area contributed by atoms with Crippen molar-refractivity contribution in [1.82, 2.24) is 0 Å². The first-order chi connectivity index (χ1) is 9.65. The minimum Gasteiger partial charge on any atom is -0.373 e. The van der Waals surface area contributed by atoms with Crippen molar-refractivity contribution in [3.63, 3.8) is 0 Å². The highest BCUT2D eigenvalue weighted by Gasteiger charge is 2.40. The smallest absolute Gasteiger partial charge is 0.373 e. The van der Waals surface area contributed by atoms with Gasteiger partial charge in [-0.2, -0.15) is 15.6 Å². The van der Waals surface area contributed by atoms with Gasteiger partial charge in [0.2, 0.25) is 5.71 Å². The molecule has 1 N–H and O–H groups in total. The molecular formula is C12H14N4O3Si. The molecular weight excluding hydrogens is 276 g/mol. The van der Waals surface area contributed by atoms with E-state index < -0.39 is 8.80 Å². The normalized spacial score (nSPS) is 10.2. The third kappa shape index (κ3) is 3.41. The summed E-state index contributed by atoms with van der Waals surface area (Å²) in [5.41, 5.74) is 2.96. The number of rotatable bonds is 6. The van der Waals surface area contributed by atoms with Crippen molar-refractivity contribution in [2.75, 3.05) is 26.8 Å². The fourth-order valence-corrected chi connectivity index (χ4v) is 3.42. The maximum absolute atomic E-state index is 8.61. The van der Waals surface area contributed by atoms with Gasteiger partial charge in [0.15, 0.2) is 0 Å². The van der Waals surface area contributed by atoms with E-state index in [1.807, 2.05) is 6.07 Å². The Hall–Kier alpha value is -2.23. The first-order valence-electron chi connectivity index (χ1n) is 5.55. The molecule has 0 unspecified atom stereocenters. The molecule has 0 aliphatic heterocycles. The van der Waals surface area contributed by atoms with E-state index in [9.17, 15) is 0 Å². The van der Waals surface area contributed by atoms with E-state index in [4.69, 9.17) is 23.8 Å².